The van der Waals surface area contributed by atoms with Crippen LogP contribution >= 0.6 is 0 Å². The van der Waals surface area contributed by atoms with E-state index in [0.717, 1.165) is 63.7 Å². The summed E-state index contributed by atoms with van der Waals surface area (Å²) in [6, 6.07) is 11.6. The molecular formula is C24H33FN4O. The average Bonchev–Trinajstić information content (AvgIpc) is 2.78. The lowest BCUT2D eigenvalue weighted by molar-refractivity contribution is 0.130. The summed E-state index contributed by atoms with van der Waals surface area (Å²) in [5.74, 6) is 1.38. The molecule has 0 spiro atoms. The van der Waals surface area contributed by atoms with Crippen molar-refractivity contribution in [1.29, 1.82) is 0 Å². The minimum atomic E-state index is -0.176. The molecule has 2 aliphatic rings. The number of methoxy groups -OCH3 is 1. The van der Waals surface area contributed by atoms with Crippen LogP contribution < -0.4 is 10.2 Å². The van der Waals surface area contributed by atoms with Gasteiger partial charge in [0.05, 0.1) is 6.61 Å². The van der Waals surface area contributed by atoms with Gasteiger partial charge in [-0.15, -0.1) is 0 Å². The van der Waals surface area contributed by atoms with Crippen molar-refractivity contribution < 1.29 is 9.13 Å². The Morgan fingerprint density at radius 1 is 1.13 bits per heavy atom. The van der Waals surface area contributed by atoms with Gasteiger partial charge >= 0.3 is 0 Å². The van der Waals surface area contributed by atoms with Crippen LogP contribution in [0.15, 0.2) is 42.6 Å². The molecule has 162 valence electrons. The van der Waals surface area contributed by atoms with Crippen molar-refractivity contribution in [3.05, 3.63) is 54.0 Å². The van der Waals surface area contributed by atoms with E-state index in [-0.39, 0.29) is 5.82 Å². The molecule has 2 fully saturated rings. The number of ether oxygens (including phenoxy) is 1. The summed E-state index contributed by atoms with van der Waals surface area (Å²) >= 11 is 0. The molecule has 30 heavy (non-hydrogen) atoms. The van der Waals surface area contributed by atoms with Crippen molar-refractivity contribution in [2.75, 3.05) is 56.7 Å². The third-order valence-electron chi connectivity index (χ3n) is 6.40. The van der Waals surface area contributed by atoms with E-state index in [4.69, 9.17) is 4.74 Å². The summed E-state index contributed by atoms with van der Waals surface area (Å²) in [5, 5.41) is 3.64. The van der Waals surface area contributed by atoms with Gasteiger partial charge in [0.1, 0.15) is 11.6 Å². The third kappa shape index (κ3) is 5.49. The van der Waals surface area contributed by atoms with Crippen LogP contribution in [0.3, 0.4) is 0 Å². The first kappa shape index (κ1) is 21.1. The molecule has 0 saturated carbocycles. The largest absolute Gasteiger partial charge is 0.383 e. The Bertz CT molecular complexity index is 809. The summed E-state index contributed by atoms with van der Waals surface area (Å²) in [4.78, 5) is 9.34. The lowest BCUT2D eigenvalue weighted by Crippen LogP contribution is -2.42. The van der Waals surface area contributed by atoms with Crippen LogP contribution in [0.1, 0.15) is 37.2 Å². The SMILES string of the molecule is COCCN1CCC(c2ccnc(N[C@@H]3CCCN(c4cccc(F)c4)C3)c2)CC1. The highest BCUT2D eigenvalue weighted by atomic mass is 19.1. The van der Waals surface area contributed by atoms with E-state index in [9.17, 15) is 4.39 Å². The van der Waals surface area contributed by atoms with Crippen molar-refractivity contribution in [2.45, 2.75) is 37.6 Å². The number of rotatable bonds is 7. The molecule has 2 saturated heterocycles. The van der Waals surface area contributed by atoms with E-state index in [1.165, 1.54) is 24.5 Å². The van der Waals surface area contributed by atoms with Gasteiger partial charge < -0.3 is 19.9 Å². The van der Waals surface area contributed by atoms with Crippen molar-refractivity contribution in [3.63, 3.8) is 0 Å². The smallest absolute Gasteiger partial charge is 0.126 e. The number of hydrogen-bond acceptors (Lipinski definition) is 5. The fourth-order valence-corrected chi connectivity index (χ4v) is 4.70. The number of likely N-dealkylation sites (tertiary alicyclic amines) is 1. The lowest BCUT2D eigenvalue weighted by atomic mass is 9.90. The zero-order valence-corrected chi connectivity index (χ0v) is 17.9. The molecule has 1 aromatic heterocycles. The maximum absolute atomic E-state index is 13.6. The Morgan fingerprint density at radius 2 is 2.00 bits per heavy atom. The van der Waals surface area contributed by atoms with Crippen LogP contribution in [0.2, 0.25) is 0 Å². The Morgan fingerprint density at radius 3 is 2.80 bits per heavy atom. The number of halogens is 1. The number of benzene rings is 1. The molecule has 0 amide bonds. The summed E-state index contributed by atoms with van der Waals surface area (Å²) in [6.45, 7) is 5.93. The molecule has 4 rings (SSSR count). The molecular weight excluding hydrogens is 379 g/mol. The quantitative estimate of drug-likeness (QED) is 0.741. The molecule has 2 aromatic rings. The van der Waals surface area contributed by atoms with Gasteiger partial charge in [-0.25, -0.2) is 9.37 Å². The van der Waals surface area contributed by atoms with Crippen molar-refractivity contribution in [1.82, 2.24) is 9.88 Å². The van der Waals surface area contributed by atoms with Gasteiger partial charge in [0.2, 0.25) is 0 Å². The molecule has 0 unspecified atom stereocenters. The van der Waals surface area contributed by atoms with Gasteiger partial charge in [-0.3, -0.25) is 0 Å². The highest BCUT2D eigenvalue weighted by Gasteiger charge is 2.23. The zero-order valence-electron chi connectivity index (χ0n) is 17.9. The Labute approximate surface area is 179 Å². The topological polar surface area (TPSA) is 40.6 Å². The Kier molecular flexibility index (Phi) is 7.18. The lowest BCUT2D eigenvalue weighted by Gasteiger charge is -2.35. The molecule has 0 bridgehead atoms. The van der Waals surface area contributed by atoms with Crippen LogP contribution in [-0.4, -0.2) is 62.4 Å². The second kappa shape index (κ2) is 10.2. The van der Waals surface area contributed by atoms with E-state index in [2.05, 4.69) is 32.2 Å². The second-order valence-corrected chi connectivity index (χ2v) is 8.49. The molecule has 6 heteroatoms. The maximum Gasteiger partial charge on any atom is 0.126 e. The zero-order chi connectivity index (χ0) is 20.8. The third-order valence-corrected chi connectivity index (χ3v) is 6.40. The predicted octanol–water partition coefficient (Wildman–Crippen LogP) is 4.13. The molecule has 1 aromatic carbocycles. The molecule has 3 heterocycles. The number of aromatic nitrogens is 1. The van der Waals surface area contributed by atoms with E-state index < -0.39 is 0 Å². The Hall–Kier alpha value is -2.18. The minimum absolute atomic E-state index is 0.176. The summed E-state index contributed by atoms with van der Waals surface area (Å²) in [5.41, 5.74) is 2.35. The number of nitrogens with zero attached hydrogens (tertiary/aromatic N) is 3. The van der Waals surface area contributed by atoms with Crippen LogP contribution in [0, 0.1) is 5.82 Å². The molecule has 1 N–H and O–H groups in total. The van der Waals surface area contributed by atoms with Gasteiger partial charge in [-0.2, -0.15) is 0 Å². The first-order valence-corrected chi connectivity index (χ1v) is 11.2. The predicted molar refractivity (Wildman–Crippen MR) is 120 cm³/mol. The van der Waals surface area contributed by atoms with Crippen LogP contribution in [-0.2, 0) is 4.74 Å². The molecule has 1 atom stereocenters. The average molecular weight is 413 g/mol. The number of hydrogen-bond donors (Lipinski definition) is 1. The van der Waals surface area contributed by atoms with E-state index >= 15 is 0 Å². The molecule has 2 aliphatic heterocycles. The number of anilines is 2. The van der Waals surface area contributed by atoms with Crippen LogP contribution in [0.4, 0.5) is 15.9 Å². The van der Waals surface area contributed by atoms with Crippen LogP contribution in [0.5, 0.6) is 0 Å². The van der Waals surface area contributed by atoms with Gasteiger partial charge in [0.25, 0.3) is 0 Å². The standard InChI is InChI=1S/C24H33FN4O/c1-30-15-14-28-12-8-19(9-13-28)20-7-10-26-24(16-20)27-22-5-3-11-29(18-22)23-6-2-4-21(25)17-23/h2,4,6-7,10,16-17,19,22H,3,5,8-9,11-15,18H2,1H3,(H,26,27)/t22-/m1/s1. The number of nitrogens with one attached hydrogen (secondary N) is 1. The van der Waals surface area contributed by atoms with Crippen LogP contribution in [0.25, 0.3) is 0 Å². The van der Waals surface area contributed by atoms with E-state index in [1.54, 1.807) is 19.2 Å². The van der Waals surface area contributed by atoms with Crippen molar-refractivity contribution in [2.24, 2.45) is 0 Å². The fourth-order valence-electron chi connectivity index (χ4n) is 4.70. The highest BCUT2D eigenvalue weighted by Crippen LogP contribution is 2.29. The molecule has 0 aliphatic carbocycles. The summed E-state index contributed by atoms with van der Waals surface area (Å²) < 4.78 is 18.8. The first-order chi connectivity index (χ1) is 14.7. The fraction of sp³-hybridized carbons (Fsp3) is 0.542. The van der Waals surface area contributed by atoms with Crippen molar-refractivity contribution in [3.8, 4) is 0 Å². The number of piperidine rings is 2. The molecule has 5 nitrogen and oxygen atoms in total. The monoisotopic (exact) mass is 412 g/mol. The number of pyridine rings is 1. The van der Waals surface area contributed by atoms with Gasteiger partial charge in [-0.05, 0) is 80.6 Å². The second-order valence-electron chi connectivity index (χ2n) is 8.49. The van der Waals surface area contributed by atoms with E-state index in [0.29, 0.717) is 12.0 Å². The van der Waals surface area contributed by atoms with Crippen molar-refractivity contribution >= 4 is 11.5 Å². The summed E-state index contributed by atoms with van der Waals surface area (Å²) in [6.07, 6.45) is 6.50. The maximum atomic E-state index is 13.6. The summed E-state index contributed by atoms with van der Waals surface area (Å²) in [7, 11) is 1.77. The molecule has 0 radical (unpaired) electrons. The van der Waals surface area contributed by atoms with Gasteiger partial charge in [-0.1, -0.05) is 6.07 Å². The Balaban J connectivity index is 1.34. The van der Waals surface area contributed by atoms with Gasteiger partial charge in [0, 0.05) is 44.7 Å². The normalized spacial score (nSPS) is 21.0. The highest BCUT2D eigenvalue weighted by molar-refractivity contribution is 5.48. The first-order valence-electron chi connectivity index (χ1n) is 11.2. The minimum Gasteiger partial charge on any atom is -0.383 e. The van der Waals surface area contributed by atoms with Gasteiger partial charge in [0.15, 0.2) is 0 Å². The van der Waals surface area contributed by atoms with E-state index in [1.807, 2.05) is 12.3 Å².